The van der Waals surface area contributed by atoms with Crippen LogP contribution in [0.1, 0.15) is 48.3 Å². The highest BCUT2D eigenvalue weighted by Gasteiger charge is 2.32. The van der Waals surface area contributed by atoms with Gasteiger partial charge in [-0.3, -0.25) is 0 Å². The molecule has 0 heterocycles. The van der Waals surface area contributed by atoms with E-state index in [2.05, 4.69) is 4.90 Å². The summed E-state index contributed by atoms with van der Waals surface area (Å²) in [5.41, 5.74) is 1.33. The van der Waals surface area contributed by atoms with Gasteiger partial charge in [0.25, 0.3) is 0 Å². The van der Waals surface area contributed by atoms with E-state index in [0.29, 0.717) is 6.04 Å². The van der Waals surface area contributed by atoms with Gasteiger partial charge in [0, 0.05) is 6.04 Å². The fraction of sp³-hybridized carbons (Fsp3) is 0.625. The van der Waals surface area contributed by atoms with Crippen LogP contribution < -0.4 is 0 Å². The Kier molecular flexibility index (Phi) is 4.43. The number of halogens is 3. The molecule has 0 bridgehead atoms. The Morgan fingerprint density at radius 3 is 2.45 bits per heavy atom. The summed E-state index contributed by atoms with van der Waals surface area (Å²) in [4.78, 5) is 2.19. The first-order valence-electron chi connectivity index (χ1n) is 7.13. The van der Waals surface area contributed by atoms with Gasteiger partial charge in [0.1, 0.15) is 0 Å². The van der Waals surface area contributed by atoms with Crippen LogP contribution in [-0.4, -0.2) is 25.0 Å². The van der Waals surface area contributed by atoms with Gasteiger partial charge in [-0.2, -0.15) is 13.2 Å². The topological polar surface area (TPSA) is 3.24 Å². The summed E-state index contributed by atoms with van der Waals surface area (Å²) in [6.45, 7) is 1.91. The number of hydrogen-bond acceptors (Lipinski definition) is 1. The van der Waals surface area contributed by atoms with E-state index in [1.807, 2.05) is 21.0 Å². The van der Waals surface area contributed by atoms with Crippen LogP contribution in [0.3, 0.4) is 0 Å². The van der Waals surface area contributed by atoms with Gasteiger partial charge in [-0.25, -0.2) is 0 Å². The van der Waals surface area contributed by atoms with Crippen LogP contribution in [-0.2, 0) is 6.18 Å². The first kappa shape index (κ1) is 15.4. The molecule has 2 rings (SSSR count). The number of hydrogen-bond donors (Lipinski definition) is 0. The first-order chi connectivity index (χ1) is 9.29. The zero-order valence-corrected chi connectivity index (χ0v) is 12.3. The normalized spacial score (nSPS) is 24.1. The van der Waals surface area contributed by atoms with Crippen molar-refractivity contribution in [2.75, 3.05) is 14.1 Å². The van der Waals surface area contributed by atoms with Crippen LogP contribution in [0.4, 0.5) is 13.2 Å². The van der Waals surface area contributed by atoms with Gasteiger partial charge >= 0.3 is 6.18 Å². The summed E-state index contributed by atoms with van der Waals surface area (Å²) >= 11 is 0. The van der Waals surface area contributed by atoms with Gasteiger partial charge in [0.2, 0.25) is 0 Å². The van der Waals surface area contributed by atoms with E-state index in [-0.39, 0.29) is 5.92 Å². The minimum atomic E-state index is -4.25. The van der Waals surface area contributed by atoms with Gasteiger partial charge in [0.05, 0.1) is 5.56 Å². The molecule has 0 radical (unpaired) electrons. The van der Waals surface area contributed by atoms with Crippen molar-refractivity contribution in [3.8, 4) is 0 Å². The monoisotopic (exact) mass is 285 g/mol. The Morgan fingerprint density at radius 1 is 1.15 bits per heavy atom. The highest BCUT2D eigenvalue weighted by atomic mass is 19.4. The summed E-state index contributed by atoms with van der Waals surface area (Å²) in [5.74, 6) is 0.249. The molecule has 0 saturated heterocycles. The molecule has 1 aromatic rings. The van der Waals surface area contributed by atoms with E-state index in [9.17, 15) is 13.2 Å². The molecule has 1 saturated carbocycles. The molecule has 2 atom stereocenters. The molecule has 20 heavy (non-hydrogen) atoms. The lowest BCUT2D eigenvalue weighted by Gasteiger charge is -2.34. The predicted octanol–water partition coefficient (Wildman–Crippen LogP) is 4.60. The van der Waals surface area contributed by atoms with E-state index in [4.69, 9.17) is 0 Å². The molecule has 1 aliphatic rings. The summed E-state index contributed by atoms with van der Waals surface area (Å²) in [7, 11) is 4.10. The van der Waals surface area contributed by atoms with E-state index in [1.165, 1.54) is 12.1 Å². The molecule has 1 aromatic carbocycles. The first-order valence-corrected chi connectivity index (χ1v) is 7.13. The summed E-state index contributed by atoms with van der Waals surface area (Å²) in [6.07, 6.45) is -0.0790. The fourth-order valence-electron chi connectivity index (χ4n) is 3.17. The molecule has 0 aliphatic heterocycles. The van der Waals surface area contributed by atoms with Crippen molar-refractivity contribution in [2.24, 2.45) is 0 Å². The maximum absolute atomic E-state index is 12.9. The van der Waals surface area contributed by atoms with Crippen molar-refractivity contribution in [1.29, 1.82) is 0 Å². The van der Waals surface area contributed by atoms with Crippen LogP contribution in [0.5, 0.6) is 0 Å². The Labute approximate surface area is 118 Å². The molecule has 2 unspecified atom stereocenters. The van der Waals surface area contributed by atoms with Crippen molar-refractivity contribution < 1.29 is 13.2 Å². The summed E-state index contributed by atoms with van der Waals surface area (Å²) in [5, 5.41) is 0. The minimum absolute atomic E-state index is 0.249. The lowest BCUT2D eigenvalue weighted by Crippen LogP contribution is -2.32. The van der Waals surface area contributed by atoms with Gasteiger partial charge in [-0.05, 0) is 69.5 Å². The fourth-order valence-corrected chi connectivity index (χ4v) is 3.17. The smallest absolute Gasteiger partial charge is 0.306 e. The lowest BCUT2D eigenvalue weighted by molar-refractivity contribution is -0.137. The van der Waals surface area contributed by atoms with Crippen molar-refractivity contribution in [3.63, 3.8) is 0 Å². The van der Waals surface area contributed by atoms with Gasteiger partial charge in [0.15, 0.2) is 0 Å². The molecule has 4 heteroatoms. The molecular weight excluding hydrogens is 263 g/mol. The number of rotatable bonds is 2. The van der Waals surface area contributed by atoms with Crippen LogP contribution in [0, 0.1) is 6.92 Å². The zero-order chi connectivity index (χ0) is 14.9. The quantitative estimate of drug-likeness (QED) is 0.767. The molecule has 0 N–H and O–H groups in total. The molecule has 112 valence electrons. The average Bonchev–Trinajstić information content (AvgIpc) is 2.38. The molecule has 0 aromatic heterocycles. The van der Waals surface area contributed by atoms with Crippen molar-refractivity contribution in [3.05, 3.63) is 34.9 Å². The highest BCUT2D eigenvalue weighted by molar-refractivity contribution is 5.35. The second-order valence-electron chi connectivity index (χ2n) is 6.05. The third-order valence-electron chi connectivity index (χ3n) is 4.42. The Hall–Kier alpha value is -1.03. The minimum Gasteiger partial charge on any atom is -0.306 e. The maximum atomic E-state index is 12.9. The Bertz CT molecular complexity index is 465. The Morgan fingerprint density at radius 2 is 1.85 bits per heavy atom. The molecule has 1 aliphatic carbocycles. The SMILES string of the molecule is Cc1ccc(C(F)(F)F)cc1C1CCCC(N(C)C)C1. The third kappa shape index (κ3) is 3.35. The molecule has 0 spiro atoms. The molecule has 1 fully saturated rings. The Balaban J connectivity index is 2.27. The largest absolute Gasteiger partial charge is 0.416 e. The lowest BCUT2D eigenvalue weighted by atomic mass is 9.79. The van der Waals surface area contributed by atoms with Crippen molar-refractivity contribution in [2.45, 2.75) is 50.7 Å². The van der Waals surface area contributed by atoms with Crippen molar-refractivity contribution >= 4 is 0 Å². The van der Waals surface area contributed by atoms with Gasteiger partial charge < -0.3 is 4.90 Å². The van der Waals surface area contributed by atoms with Crippen LogP contribution in [0.2, 0.25) is 0 Å². The second-order valence-corrected chi connectivity index (χ2v) is 6.05. The van der Waals surface area contributed by atoms with Gasteiger partial charge in [-0.15, -0.1) is 0 Å². The average molecular weight is 285 g/mol. The zero-order valence-electron chi connectivity index (χ0n) is 12.3. The standard InChI is InChI=1S/C16H22F3N/c1-11-7-8-13(16(17,18)19)10-15(11)12-5-4-6-14(9-12)20(2)3/h7-8,10,12,14H,4-6,9H2,1-3H3. The van der Waals surface area contributed by atoms with Crippen LogP contribution in [0.25, 0.3) is 0 Å². The number of alkyl halides is 3. The highest BCUT2D eigenvalue weighted by Crippen LogP contribution is 2.38. The maximum Gasteiger partial charge on any atom is 0.416 e. The molecule has 0 amide bonds. The molecule has 1 nitrogen and oxygen atoms in total. The third-order valence-corrected chi connectivity index (χ3v) is 4.42. The van der Waals surface area contributed by atoms with Crippen LogP contribution >= 0.6 is 0 Å². The molecular formula is C16H22F3N. The number of benzene rings is 1. The summed E-state index contributed by atoms with van der Waals surface area (Å²) in [6, 6.07) is 4.63. The number of nitrogens with zero attached hydrogens (tertiary/aromatic N) is 1. The summed E-state index contributed by atoms with van der Waals surface area (Å²) < 4.78 is 38.6. The second kappa shape index (κ2) is 5.76. The predicted molar refractivity (Wildman–Crippen MR) is 74.9 cm³/mol. The van der Waals surface area contributed by atoms with E-state index in [0.717, 1.165) is 36.8 Å². The van der Waals surface area contributed by atoms with E-state index in [1.54, 1.807) is 6.07 Å². The van der Waals surface area contributed by atoms with Crippen molar-refractivity contribution in [1.82, 2.24) is 4.90 Å². The van der Waals surface area contributed by atoms with Crippen LogP contribution in [0.15, 0.2) is 18.2 Å². The van der Waals surface area contributed by atoms with E-state index >= 15 is 0 Å². The number of aryl methyl sites for hydroxylation is 1. The van der Waals surface area contributed by atoms with E-state index < -0.39 is 11.7 Å². The van der Waals surface area contributed by atoms with Gasteiger partial charge in [-0.1, -0.05) is 12.5 Å².